The van der Waals surface area contributed by atoms with Crippen molar-refractivity contribution < 1.29 is 13.5 Å². The summed E-state index contributed by atoms with van der Waals surface area (Å²) < 4.78 is 31.6. The zero-order chi connectivity index (χ0) is 13.5. The highest BCUT2D eigenvalue weighted by Gasteiger charge is 2.11. The molecule has 0 aliphatic rings. The van der Waals surface area contributed by atoms with Gasteiger partial charge in [0.1, 0.15) is 0 Å². The van der Waals surface area contributed by atoms with E-state index in [1.165, 1.54) is 18.6 Å². The van der Waals surface area contributed by atoms with Gasteiger partial charge in [0, 0.05) is 0 Å². The van der Waals surface area contributed by atoms with Crippen LogP contribution in [0.5, 0.6) is 5.75 Å². The number of halogens is 2. The lowest BCUT2D eigenvalue weighted by atomic mass is 9.97. The molecule has 1 rings (SSSR count). The predicted octanol–water partition coefficient (Wildman–Crippen LogP) is 4.81. The van der Waals surface area contributed by atoms with Crippen LogP contribution in [0.25, 0.3) is 0 Å². The minimum absolute atomic E-state index is 0.00499. The van der Waals surface area contributed by atoms with E-state index in [-0.39, 0.29) is 5.75 Å². The predicted molar refractivity (Wildman–Crippen MR) is 69.7 cm³/mol. The van der Waals surface area contributed by atoms with Crippen molar-refractivity contribution in [3.8, 4) is 5.75 Å². The molecule has 0 aliphatic carbocycles. The zero-order valence-electron chi connectivity index (χ0n) is 11.4. The molecule has 1 aromatic rings. The Labute approximate surface area is 108 Å². The van der Waals surface area contributed by atoms with Crippen molar-refractivity contribution in [3.05, 3.63) is 29.8 Å². The van der Waals surface area contributed by atoms with Crippen molar-refractivity contribution in [3.63, 3.8) is 0 Å². The van der Waals surface area contributed by atoms with Gasteiger partial charge in [-0.25, -0.2) is 4.39 Å². The molecule has 0 amide bonds. The topological polar surface area (TPSA) is 9.23 Å². The van der Waals surface area contributed by atoms with Gasteiger partial charge in [-0.1, -0.05) is 39.7 Å². The van der Waals surface area contributed by atoms with Gasteiger partial charge in [-0.2, -0.15) is 4.39 Å². The molecular formula is C15H22F2O. The van der Waals surface area contributed by atoms with E-state index in [1.807, 2.05) is 0 Å². The zero-order valence-corrected chi connectivity index (χ0v) is 11.4. The van der Waals surface area contributed by atoms with E-state index in [1.54, 1.807) is 0 Å². The fraction of sp³-hybridized carbons (Fsp3) is 0.600. The van der Waals surface area contributed by atoms with Gasteiger partial charge >= 0.3 is 0 Å². The molecule has 3 heteroatoms. The van der Waals surface area contributed by atoms with Gasteiger partial charge in [-0.15, -0.1) is 0 Å². The molecule has 0 bridgehead atoms. The summed E-state index contributed by atoms with van der Waals surface area (Å²) in [5.41, 5.74) is 0. The van der Waals surface area contributed by atoms with Crippen molar-refractivity contribution >= 4 is 0 Å². The van der Waals surface area contributed by atoms with Gasteiger partial charge in [-0.3, -0.25) is 0 Å². The van der Waals surface area contributed by atoms with Crippen LogP contribution in [0.2, 0.25) is 0 Å². The van der Waals surface area contributed by atoms with Gasteiger partial charge in [0.05, 0.1) is 6.61 Å². The molecule has 0 radical (unpaired) electrons. The third-order valence-electron chi connectivity index (χ3n) is 3.29. The lowest BCUT2D eigenvalue weighted by Gasteiger charge is -2.15. The molecule has 2 unspecified atom stereocenters. The van der Waals surface area contributed by atoms with Crippen molar-refractivity contribution in [1.29, 1.82) is 0 Å². The maximum Gasteiger partial charge on any atom is 0.200 e. The molecule has 0 spiro atoms. The lowest BCUT2D eigenvalue weighted by molar-refractivity contribution is 0.231. The van der Waals surface area contributed by atoms with Crippen molar-refractivity contribution in [2.45, 2.75) is 40.0 Å². The third kappa shape index (κ3) is 4.63. The summed E-state index contributed by atoms with van der Waals surface area (Å²) in [4.78, 5) is 0. The largest absolute Gasteiger partial charge is 0.490 e. The number of hydrogen-bond donors (Lipinski definition) is 0. The molecule has 0 aromatic heterocycles. The Morgan fingerprint density at radius 2 is 1.78 bits per heavy atom. The van der Waals surface area contributed by atoms with E-state index in [2.05, 4.69) is 20.8 Å². The summed E-state index contributed by atoms with van der Waals surface area (Å²) in [5, 5.41) is 0. The first-order valence-corrected chi connectivity index (χ1v) is 6.61. The van der Waals surface area contributed by atoms with Crippen LogP contribution in [0.15, 0.2) is 18.2 Å². The quantitative estimate of drug-likeness (QED) is 0.680. The Morgan fingerprint density at radius 1 is 1.11 bits per heavy atom. The molecule has 0 saturated heterocycles. The minimum atomic E-state index is -0.897. The number of hydrogen-bond acceptors (Lipinski definition) is 1. The van der Waals surface area contributed by atoms with E-state index in [0.717, 1.165) is 18.9 Å². The number of benzene rings is 1. The molecule has 0 saturated carbocycles. The van der Waals surface area contributed by atoms with Crippen molar-refractivity contribution in [2.24, 2.45) is 11.8 Å². The average molecular weight is 256 g/mol. The Balaban J connectivity index is 2.38. The van der Waals surface area contributed by atoms with Gasteiger partial charge in [-0.05, 0) is 30.4 Å². The summed E-state index contributed by atoms with van der Waals surface area (Å²) in [6.45, 7) is 6.89. The summed E-state index contributed by atoms with van der Waals surface area (Å²) in [7, 11) is 0. The number of rotatable bonds is 7. The van der Waals surface area contributed by atoms with Crippen LogP contribution in [0.3, 0.4) is 0 Å². The Hall–Kier alpha value is -1.12. The van der Waals surface area contributed by atoms with Gasteiger partial charge in [0.15, 0.2) is 11.6 Å². The van der Waals surface area contributed by atoms with Crippen LogP contribution in [-0.4, -0.2) is 6.61 Å². The third-order valence-corrected chi connectivity index (χ3v) is 3.29. The van der Waals surface area contributed by atoms with Crippen LogP contribution in [0.4, 0.5) is 8.78 Å². The first-order valence-electron chi connectivity index (χ1n) is 6.61. The highest BCUT2D eigenvalue weighted by Crippen LogP contribution is 2.21. The van der Waals surface area contributed by atoms with E-state index < -0.39 is 11.6 Å². The van der Waals surface area contributed by atoms with Crippen LogP contribution >= 0.6 is 0 Å². The van der Waals surface area contributed by atoms with Crippen LogP contribution in [0.1, 0.15) is 40.0 Å². The summed E-state index contributed by atoms with van der Waals surface area (Å²) in [6, 6.07) is 4.01. The molecule has 1 nitrogen and oxygen atoms in total. The molecule has 0 fully saturated rings. The second-order valence-electron chi connectivity index (χ2n) is 5.06. The molecule has 0 heterocycles. The van der Waals surface area contributed by atoms with Crippen molar-refractivity contribution in [1.82, 2.24) is 0 Å². The summed E-state index contributed by atoms with van der Waals surface area (Å²) in [5.74, 6) is -0.697. The highest BCUT2D eigenvalue weighted by atomic mass is 19.2. The fourth-order valence-electron chi connectivity index (χ4n) is 1.68. The Morgan fingerprint density at radius 3 is 2.44 bits per heavy atom. The molecule has 2 atom stereocenters. The van der Waals surface area contributed by atoms with Gasteiger partial charge < -0.3 is 4.74 Å². The summed E-state index contributed by atoms with van der Waals surface area (Å²) >= 11 is 0. The standard InChI is InChI=1S/C15H22F2O/c1-4-11(2)8-9-12(3)10-18-14-7-5-6-13(16)15(14)17/h5-7,11-12H,4,8-10H2,1-3H3. The molecule has 102 valence electrons. The maximum atomic E-state index is 13.3. The minimum Gasteiger partial charge on any atom is -0.490 e. The highest BCUT2D eigenvalue weighted by molar-refractivity contribution is 5.24. The smallest absolute Gasteiger partial charge is 0.200 e. The summed E-state index contributed by atoms with van der Waals surface area (Å²) in [6.07, 6.45) is 3.37. The lowest BCUT2D eigenvalue weighted by Crippen LogP contribution is -2.11. The molecular weight excluding hydrogens is 234 g/mol. The molecule has 0 aliphatic heterocycles. The molecule has 1 aromatic carbocycles. The van der Waals surface area contributed by atoms with Crippen LogP contribution in [0, 0.1) is 23.5 Å². The normalized spacial score (nSPS) is 14.3. The average Bonchev–Trinajstić information content (AvgIpc) is 2.37. The fourth-order valence-corrected chi connectivity index (χ4v) is 1.68. The number of ether oxygens (including phenoxy) is 1. The van der Waals surface area contributed by atoms with E-state index in [0.29, 0.717) is 18.4 Å². The van der Waals surface area contributed by atoms with Crippen LogP contribution in [-0.2, 0) is 0 Å². The van der Waals surface area contributed by atoms with Gasteiger partial charge in [0.2, 0.25) is 5.82 Å². The van der Waals surface area contributed by atoms with Gasteiger partial charge in [0.25, 0.3) is 0 Å². The van der Waals surface area contributed by atoms with Crippen molar-refractivity contribution in [2.75, 3.05) is 6.61 Å². The second kappa shape index (κ2) is 7.34. The Bertz CT molecular complexity index is 366. The first kappa shape index (κ1) is 14.9. The molecule has 18 heavy (non-hydrogen) atoms. The molecule has 0 N–H and O–H groups in total. The second-order valence-corrected chi connectivity index (χ2v) is 5.06. The Kier molecular flexibility index (Phi) is 6.10. The van der Waals surface area contributed by atoms with E-state index in [9.17, 15) is 8.78 Å². The first-order chi connectivity index (χ1) is 8.54. The van der Waals surface area contributed by atoms with E-state index >= 15 is 0 Å². The SMILES string of the molecule is CCC(C)CCC(C)COc1cccc(F)c1F. The van der Waals surface area contributed by atoms with E-state index in [4.69, 9.17) is 4.74 Å². The maximum absolute atomic E-state index is 13.3. The monoisotopic (exact) mass is 256 g/mol. The van der Waals surface area contributed by atoms with Crippen LogP contribution < -0.4 is 4.74 Å².